The Balaban J connectivity index is 1.95. The molecule has 2 rings (SSSR count). The molecule has 0 aliphatic rings. The minimum atomic E-state index is 0.598. The first-order chi connectivity index (χ1) is 9.65. The molecule has 0 radical (unpaired) electrons. The third-order valence-electron chi connectivity index (χ3n) is 2.94. The Morgan fingerprint density at radius 2 is 1.85 bits per heavy atom. The third-order valence-corrected chi connectivity index (χ3v) is 3.95. The van der Waals surface area contributed by atoms with Crippen molar-refractivity contribution >= 4 is 34.4 Å². The standard InChI is InChI=1S/C16H17ClINO/c1-19(17)10-9-13-7-8-16(15(18)11-13)20-12-14-5-3-2-4-6-14/h2-8,11H,9-10,12H2,1H3. The van der Waals surface area contributed by atoms with Gasteiger partial charge in [0.1, 0.15) is 12.4 Å². The summed E-state index contributed by atoms with van der Waals surface area (Å²) >= 11 is 8.14. The van der Waals surface area contributed by atoms with Crippen molar-refractivity contribution in [2.45, 2.75) is 13.0 Å². The van der Waals surface area contributed by atoms with Gasteiger partial charge in [-0.1, -0.05) is 36.4 Å². The first-order valence-electron chi connectivity index (χ1n) is 6.47. The highest BCUT2D eigenvalue weighted by Crippen LogP contribution is 2.23. The second-order valence-corrected chi connectivity index (χ2v) is 6.36. The lowest BCUT2D eigenvalue weighted by Gasteiger charge is -2.11. The number of hydrogen-bond donors (Lipinski definition) is 0. The normalized spacial score (nSPS) is 10.8. The van der Waals surface area contributed by atoms with Gasteiger partial charge < -0.3 is 4.74 Å². The number of benzene rings is 2. The maximum absolute atomic E-state index is 5.86. The number of halogens is 2. The maximum Gasteiger partial charge on any atom is 0.133 e. The van der Waals surface area contributed by atoms with Crippen molar-refractivity contribution in [2.75, 3.05) is 13.6 Å². The molecule has 0 heterocycles. The van der Waals surface area contributed by atoms with Crippen molar-refractivity contribution in [1.82, 2.24) is 4.42 Å². The van der Waals surface area contributed by atoms with E-state index in [0.717, 1.165) is 22.3 Å². The molecule has 0 aliphatic heterocycles. The second-order valence-electron chi connectivity index (χ2n) is 4.62. The molecule has 2 nitrogen and oxygen atoms in total. The van der Waals surface area contributed by atoms with Gasteiger partial charge in [-0.2, -0.15) is 0 Å². The molecule has 2 aromatic rings. The first-order valence-corrected chi connectivity index (χ1v) is 7.89. The van der Waals surface area contributed by atoms with Gasteiger partial charge in [0.2, 0.25) is 0 Å². The summed E-state index contributed by atoms with van der Waals surface area (Å²) in [5, 5.41) is 0. The van der Waals surface area contributed by atoms with E-state index in [4.69, 9.17) is 16.5 Å². The number of hydrogen-bond acceptors (Lipinski definition) is 2. The number of ether oxygens (including phenoxy) is 1. The summed E-state index contributed by atoms with van der Waals surface area (Å²) in [6, 6.07) is 16.5. The fraction of sp³-hybridized carbons (Fsp3) is 0.250. The van der Waals surface area contributed by atoms with Crippen LogP contribution in [0.3, 0.4) is 0 Å². The SMILES string of the molecule is CN(Cl)CCc1ccc(OCc2ccccc2)c(I)c1. The quantitative estimate of drug-likeness (QED) is 0.522. The van der Waals surface area contributed by atoms with Crippen molar-refractivity contribution in [1.29, 1.82) is 0 Å². The molecular formula is C16H17ClINO. The zero-order valence-electron chi connectivity index (χ0n) is 11.4. The highest BCUT2D eigenvalue weighted by atomic mass is 127. The van der Waals surface area contributed by atoms with E-state index in [0.29, 0.717) is 6.61 Å². The van der Waals surface area contributed by atoms with E-state index in [1.54, 1.807) is 4.42 Å². The molecule has 2 aromatic carbocycles. The van der Waals surface area contributed by atoms with Gasteiger partial charge >= 0.3 is 0 Å². The highest BCUT2D eigenvalue weighted by Gasteiger charge is 2.04. The van der Waals surface area contributed by atoms with E-state index in [1.165, 1.54) is 11.1 Å². The average Bonchev–Trinajstić information content (AvgIpc) is 2.45. The van der Waals surface area contributed by atoms with Crippen LogP contribution in [0.15, 0.2) is 48.5 Å². The summed E-state index contributed by atoms with van der Waals surface area (Å²) in [6.45, 7) is 1.43. The summed E-state index contributed by atoms with van der Waals surface area (Å²) < 4.78 is 8.67. The van der Waals surface area contributed by atoms with Gasteiger partial charge in [-0.3, -0.25) is 0 Å². The predicted molar refractivity (Wildman–Crippen MR) is 92.1 cm³/mol. The van der Waals surface area contributed by atoms with Gasteiger partial charge in [0.15, 0.2) is 0 Å². The smallest absolute Gasteiger partial charge is 0.133 e. The molecule has 20 heavy (non-hydrogen) atoms. The molecular weight excluding hydrogens is 385 g/mol. The van der Waals surface area contributed by atoms with E-state index in [1.807, 2.05) is 31.3 Å². The number of nitrogens with zero attached hydrogens (tertiary/aromatic N) is 1. The van der Waals surface area contributed by atoms with Gasteiger partial charge in [-0.05, 0) is 64.0 Å². The predicted octanol–water partition coefficient (Wildman–Crippen LogP) is 4.50. The Hall–Kier alpha value is -0.780. The van der Waals surface area contributed by atoms with Crippen molar-refractivity contribution in [3.63, 3.8) is 0 Å². The summed E-state index contributed by atoms with van der Waals surface area (Å²) in [7, 11) is 1.86. The van der Waals surface area contributed by atoms with Crippen LogP contribution < -0.4 is 4.74 Å². The van der Waals surface area contributed by atoms with E-state index in [9.17, 15) is 0 Å². The monoisotopic (exact) mass is 401 g/mol. The molecule has 0 bridgehead atoms. The molecule has 0 saturated carbocycles. The van der Waals surface area contributed by atoms with Crippen LogP contribution in [0.1, 0.15) is 11.1 Å². The molecule has 0 unspecified atom stereocenters. The van der Waals surface area contributed by atoms with Crippen molar-refractivity contribution < 1.29 is 4.74 Å². The first kappa shape index (κ1) is 15.6. The van der Waals surface area contributed by atoms with Crippen LogP contribution in [0.5, 0.6) is 5.75 Å². The van der Waals surface area contributed by atoms with Crippen LogP contribution in [-0.4, -0.2) is 18.0 Å². The zero-order valence-corrected chi connectivity index (χ0v) is 14.3. The van der Waals surface area contributed by atoms with E-state index in [2.05, 4.69) is 46.9 Å². The number of likely N-dealkylation sites (N-methyl/N-ethyl adjacent to an activating group) is 1. The van der Waals surface area contributed by atoms with E-state index in [-0.39, 0.29) is 0 Å². The lowest BCUT2D eigenvalue weighted by Crippen LogP contribution is -2.09. The van der Waals surface area contributed by atoms with Crippen LogP contribution in [-0.2, 0) is 13.0 Å². The Bertz CT molecular complexity index is 545. The zero-order chi connectivity index (χ0) is 14.4. The number of rotatable bonds is 6. The molecule has 0 saturated heterocycles. The van der Waals surface area contributed by atoms with Crippen LogP contribution in [0.2, 0.25) is 0 Å². The molecule has 0 atom stereocenters. The van der Waals surface area contributed by atoms with Crippen molar-refractivity contribution in [3.8, 4) is 5.75 Å². The molecule has 106 valence electrons. The van der Waals surface area contributed by atoms with Gasteiger partial charge in [-0.25, -0.2) is 4.42 Å². The van der Waals surface area contributed by atoms with Crippen LogP contribution >= 0.6 is 34.4 Å². The average molecular weight is 402 g/mol. The molecule has 4 heteroatoms. The van der Waals surface area contributed by atoms with E-state index >= 15 is 0 Å². The summed E-state index contributed by atoms with van der Waals surface area (Å²) in [4.78, 5) is 0. The highest BCUT2D eigenvalue weighted by molar-refractivity contribution is 14.1. The lowest BCUT2D eigenvalue weighted by atomic mass is 10.1. The maximum atomic E-state index is 5.86. The lowest BCUT2D eigenvalue weighted by molar-refractivity contribution is 0.304. The minimum absolute atomic E-state index is 0.598. The molecule has 0 amide bonds. The molecule has 0 aromatic heterocycles. The molecule has 0 spiro atoms. The topological polar surface area (TPSA) is 12.5 Å². The van der Waals surface area contributed by atoms with E-state index < -0.39 is 0 Å². The van der Waals surface area contributed by atoms with Crippen LogP contribution in [0.4, 0.5) is 0 Å². The Labute approximate surface area is 138 Å². The summed E-state index contributed by atoms with van der Waals surface area (Å²) in [6.07, 6.45) is 0.939. The largest absolute Gasteiger partial charge is 0.488 e. The summed E-state index contributed by atoms with van der Waals surface area (Å²) in [5.41, 5.74) is 2.45. The van der Waals surface area contributed by atoms with Gasteiger partial charge in [-0.15, -0.1) is 0 Å². The fourth-order valence-electron chi connectivity index (χ4n) is 1.84. The van der Waals surface area contributed by atoms with Gasteiger partial charge in [0.05, 0.1) is 3.57 Å². The van der Waals surface area contributed by atoms with Gasteiger partial charge in [0, 0.05) is 13.6 Å². The fourth-order valence-corrected chi connectivity index (χ4v) is 2.66. The van der Waals surface area contributed by atoms with Crippen molar-refractivity contribution in [3.05, 3.63) is 63.2 Å². The van der Waals surface area contributed by atoms with Gasteiger partial charge in [0.25, 0.3) is 0 Å². The van der Waals surface area contributed by atoms with Crippen molar-refractivity contribution in [2.24, 2.45) is 0 Å². The van der Waals surface area contributed by atoms with Crippen LogP contribution in [0, 0.1) is 3.57 Å². The van der Waals surface area contributed by atoms with Crippen LogP contribution in [0.25, 0.3) is 0 Å². The Morgan fingerprint density at radius 3 is 2.50 bits per heavy atom. The Kier molecular flexibility index (Phi) is 6.13. The Morgan fingerprint density at radius 1 is 1.10 bits per heavy atom. The summed E-state index contributed by atoms with van der Waals surface area (Å²) in [5.74, 6) is 0.928. The molecule has 0 N–H and O–H groups in total. The molecule has 0 aliphatic carbocycles. The minimum Gasteiger partial charge on any atom is -0.488 e. The molecule has 0 fully saturated rings. The second kappa shape index (κ2) is 7.86. The third kappa shape index (κ3) is 4.96.